The normalized spacial score (nSPS) is 19.7. The highest BCUT2D eigenvalue weighted by molar-refractivity contribution is 6.08. The van der Waals surface area contributed by atoms with E-state index in [0.717, 1.165) is 24.5 Å². The van der Waals surface area contributed by atoms with Crippen molar-refractivity contribution in [1.82, 2.24) is 15.3 Å². The minimum absolute atomic E-state index is 0.0444. The van der Waals surface area contributed by atoms with E-state index in [9.17, 15) is 31.5 Å². The molecule has 0 unspecified atom stereocenters. The maximum Gasteiger partial charge on any atom is 0.451 e. The largest absolute Gasteiger partial charge is 0.451 e. The number of anilines is 1. The van der Waals surface area contributed by atoms with E-state index in [1.54, 1.807) is 0 Å². The van der Waals surface area contributed by atoms with Crippen LogP contribution in [0.25, 0.3) is 0 Å². The maximum absolute atomic E-state index is 13.7. The Morgan fingerprint density at radius 3 is 2.48 bits per heavy atom. The minimum atomic E-state index is -4.73. The summed E-state index contributed by atoms with van der Waals surface area (Å²) in [6.45, 7) is -0.0444. The van der Waals surface area contributed by atoms with Crippen molar-refractivity contribution in [2.24, 2.45) is 5.92 Å². The summed E-state index contributed by atoms with van der Waals surface area (Å²) >= 11 is 0. The smallest absolute Gasteiger partial charge is 0.355 e. The summed E-state index contributed by atoms with van der Waals surface area (Å²) < 4.78 is 64.6. The molecular formula is C16H11F5N4O2. The number of alkyl halides is 3. The average Bonchev–Trinajstić information content (AvgIpc) is 3.00. The second kappa shape index (κ2) is 6.89. The molecule has 2 amide bonds. The van der Waals surface area contributed by atoms with Crippen LogP contribution < -0.4 is 10.6 Å². The Balaban J connectivity index is 1.84. The van der Waals surface area contributed by atoms with Crippen molar-refractivity contribution in [3.8, 4) is 0 Å². The van der Waals surface area contributed by atoms with Gasteiger partial charge >= 0.3 is 6.18 Å². The van der Waals surface area contributed by atoms with Gasteiger partial charge in [-0.25, -0.2) is 18.7 Å². The van der Waals surface area contributed by atoms with Crippen molar-refractivity contribution in [1.29, 1.82) is 0 Å². The zero-order valence-electron chi connectivity index (χ0n) is 13.3. The fraction of sp³-hybridized carbons (Fsp3) is 0.250. The van der Waals surface area contributed by atoms with Gasteiger partial charge in [-0.05, 0) is 17.7 Å². The summed E-state index contributed by atoms with van der Waals surface area (Å²) in [5, 5.41) is 4.53. The first-order valence-electron chi connectivity index (χ1n) is 7.60. The van der Waals surface area contributed by atoms with Crippen LogP contribution in [0.4, 0.5) is 27.6 Å². The van der Waals surface area contributed by atoms with Crippen LogP contribution in [0.1, 0.15) is 17.3 Å². The Labute approximate surface area is 148 Å². The molecule has 142 valence electrons. The molecule has 1 aromatic carbocycles. The number of halogens is 5. The van der Waals surface area contributed by atoms with Crippen LogP contribution in [-0.2, 0) is 15.8 Å². The van der Waals surface area contributed by atoms with Gasteiger partial charge in [0.2, 0.25) is 17.6 Å². The second-order valence-electron chi connectivity index (χ2n) is 5.76. The van der Waals surface area contributed by atoms with Crippen LogP contribution in [0, 0.1) is 17.6 Å². The molecule has 0 bridgehead atoms. The van der Waals surface area contributed by atoms with E-state index >= 15 is 0 Å². The van der Waals surface area contributed by atoms with Crippen molar-refractivity contribution >= 4 is 17.5 Å². The van der Waals surface area contributed by atoms with Crippen LogP contribution in [0.3, 0.4) is 0 Å². The van der Waals surface area contributed by atoms with E-state index in [1.807, 2.05) is 0 Å². The first kappa shape index (κ1) is 18.7. The van der Waals surface area contributed by atoms with Crippen LogP contribution in [-0.4, -0.2) is 28.3 Å². The zero-order valence-corrected chi connectivity index (χ0v) is 13.3. The monoisotopic (exact) mass is 386 g/mol. The fourth-order valence-corrected chi connectivity index (χ4v) is 2.72. The number of rotatable bonds is 3. The van der Waals surface area contributed by atoms with Crippen molar-refractivity contribution in [2.75, 3.05) is 11.9 Å². The molecule has 1 fully saturated rings. The Morgan fingerprint density at radius 2 is 1.85 bits per heavy atom. The lowest BCUT2D eigenvalue weighted by molar-refractivity contribution is -0.145. The number of carbonyl (C=O) groups excluding carboxylic acids is 2. The van der Waals surface area contributed by atoms with Crippen molar-refractivity contribution < 1.29 is 31.5 Å². The zero-order chi connectivity index (χ0) is 19.8. The van der Waals surface area contributed by atoms with Crippen LogP contribution >= 0.6 is 0 Å². The van der Waals surface area contributed by atoms with Crippen LogP contribution in [0.5, 0.6) is 0 Å². The predicted molar refractivity (Wildman–Crippen MR) is 81.3 cm³/mol. The third-order valence-corrected chi connectivity index (χ3v) is 4.03. The number of aromatic nitrogens is 2. The van der Waals surface area contributed by atoms with Gasteiger partial charge in [0, 0.05) is 24.9 Å². The Morgan fingerprint density at radius 1 is 1.19 bits per heavy atom. The van der Waals surface area contributed by atoms with Crippen LogP contribution in [0.2, 0.25) is 0 Å². The molecule has 0 saturated carbocycles. The lowest BCUT2D eigenvalue weighted by Crippen LogP contribution is -2.32. The summed E-state index contributed by atoms with van der Waals surface area (Å²) in [4.78, 5) is 30.8. The van der Waals surface area contributed by atoms with E-state index in [-0.39, 0.29) is 12.1 Å². The first-order chi connectivity index (χ1) is 12.7. The maximum atomic E-state index is 13.7. The van der Waals surface area contributed by atoms with Gasteiger partial charge in [-0.2, -0.15) is 13.2 Å². The SMILES string of the molecule is O=C1NC[C@H](c2cnc(C(F)(F)F)nc2)[C@H]1C(=O)Nc1cccc(F)c1F. The predicted octanol–water partition coefficient (Wildman–Crippen LogP) is 2.24. The molecule has 0 aliphatic carbocycles. The third-order valence-electron chi connectivity index (χ3n) is 4.03. The number of nitrogens with one attached hydrogen (secondary N) is 2. The van der Waals surface area contributed by atoms with Gasteiger partial charge in [-0.3, -0.25) is 9.59 Å². The summed E-state index contributed by atoms with van der Waals surface area (Å²) in [6.07, 6.45) is -2.97. The molecular weight excluding hydrogens is 375 g/mol. The van der Waals surface area contributed by atoms with Gasteiger partial charge in [0.1, 0.15) is 5.92 Å². The van der Waals surface area contributed by atoms with Crippen molar-refractivity contribution in [3.05, 3.63) is 53.6 Å². The van der Waals surface area contributed by atoms with E-state index in [0.29, 0.717) is 0 Å². The van der Waals surface area contributed by atoms with E-state index in [1.165, 1.54) is 6.07 Å². The first-order valence-corrected chi connectivity index (χ1v) is 7.60. The van der Waals surface area contributed by atoms with E-state index in [4.69, 9.17) is 0 Å². The molecule has 2 atom stereocenters. The van der Waals surface area contributed by atoms with Crippen molar-refractivity contribution in [2.45, 2.75) is 12.1 Å². The summed E-state index contributed by atoms with van der Waals surface area (Å²) in [5.41, 5.74) is -0.330. The van der Waals surface area contributed by atoms with Crippen LogP contribution in [0.15, 0.2) is 30.6 Å². The quantitative estimate of drug-likeness (QED) is 0.626. The summed E-state index contributed by atoms with van der Waals surface area (Å²) in [5.74, 6) is -7.69. The van der Waals surface area contributed by atoms with Gasteiger partial charge in [0.05, 0.1) is 5.69 Å². The molecule has 2 heterocycles. The Bertz CT molecular complexity index is 885. The Hall–Kier alpha value is -3.11. The highest BCUT2D eigenvalue weighted by Crippen LogP contribution is 2.31. The highest BCUT2D eigenvalue weighted by atomic mass is 19.4. The number of hydrogen-bond acceptors (Lipinski definition) is 4. The van der Waals surface area contributed by atoms with Gasteiger partial charge in [0.15, 0.2) is 11.6 Å². The number of nitrogens with zero attached hydrogens (tertiary/aromatic N) is 2. The molecule has 27 heavy (non-hydrogen) atoms. The van der Waals surface area contributed by atoms with E-state index < -0.39 is 53.0 Å². The summed E-state index contributed by atoms with van der Waals surface area (Å²) in [6, 6.07) is 3.14. The number of benzene rings is 1. The molecule has 1 saturated heterocycles. The fourth-order valence-electron chi connectivity index (χ4n) is 2.72. The van der Waals surface area contributed by atoms with Gasteiger partial charge < -0.3 is 10.6 Å². The highest BCUT2D eigenvalue weighted by Gasteiger charge is 2.42. The molecule has 1 aliphatic heterocycles. The molecule has 2 aromatic rings. The van der Waals surface area contributed by atoms with Gasteiger partial charge in [-0.1, -0.05) is 6.07 Å². The topological polar surface area (TPSA) is 84.0 Å². The number of carbonyl (C=O) groups is 2. The standard InChI is InChI=1S/C16H11F5N4O2/c17-9-2-1-3-10(12(9)18)25-14(27)11-8(6-22-13(11)26)7-4-23-15(24-5-7)16(19,20)21/h1-5,8,11H,6H2,(H,22,26)(H,25,27)/t8-,11-/m1/s1. The third kappa shape index (κ3) is 3.71. The van der Waals surface area contributed by atoms with Crippen molar-refractivity contribution in [3.63, 3.8) is 0 Å². The molecule has 1 aliphatic rings. The molecule has 11 heteroatoms. The van der Waals surface area contributed by atoms with Gasteiger partial charge in [-0.15, -0.1) is 0 Å². The number of hydrogen-bond donors (Lipinski definition) is 2. The second-order valence-corrected chi connectivity index (χ2v) is 5.76. The lowest BCUT2D eigenvalue weighted by Gasteiger charge is -2.17. The minimum Gasteiger partial charge on any atom is -0.355 e. The molecule has 2 N–H and O–H groups in total. The summed E-state index contributed by atoms with van der Waals surface area (Å²) in [7, 11) is 0. The van der Waals surface area contributed by atoms with Gasteiger partial charge in [0.25, 0.3) is 0 Å². The molecule has 1 aromatic heterocycles. The molecule has 0 spiro atoms. The molecule has 6 nitrogen and oxygen atoms in total. The average molecular weight is 386 g/mol. The molecule has 0 radical (unpaired) electrons. The Kier molecular flexibility index (Phi) is 4.77. The number of amides is 2. The molecule has 3 rings (SSSR count). The lowest BCUT2D eigenvalue weighted by atomic mass is 9.89. The van der Waals surface area contributed by atoms with E-state index in [2.05, 4.69) is 20.6 Å².